The summed E-state index contributed by atoms with van der Waals surface area (Å²) in [7, 11) is 0. The highest BCUT2D eigenvalue weighted by Gasteiger charge is 2.24. The van der Waals surface area contributed by atoms with Gasteiger partial charge in [0.15, 0.2) is 0 Å². The lowest BCUT2D eigenvalue weighted by molar-refractivity contribution is 0.0721. The first-order valence-electron chi connectivity index (χ1n) is 15.1. The van der Waals surface area contributed by atoms with Crippen molar-refractivity contribution in [3.63, 3.8) is 0 Å². The lowest BCUT2D eigenvalue weighted by Gasteiger charge is -2.35. The van der Waals surface area contributed by atoms with Gasteiger partial charge in [-0.25, -0.2) is 9.97 Å². The molecule has 41 heavy (non-hydrogen) atoms. The largest absolute Gasteiger partial charge is 0.347 e. The van der Waals surface area contributed by atoms with Crippen molar-refractivity contribution in [3.8, 4) is 0 Å². The Kier molecular flexibility index (Phi) is 8.88. The van der Waals surface area contributed by atoms with E-state index in [4.69, 9.17) is 0 Å². The molecule has 0 unspecified atom stereocenters. The monoisotopic (exact) mass is 551 g/mol. The first kappa shape index (κ1) is 27.4. The fraction of sp³-hybridized carbons (Fsp3) is 0.424. The van der Waals surface area contributed by atoms with E-state index in [0.717, 1.165) is 42.9 Å². The van der Waals surface area contributed by atoms with Crippen LogP contribution in [0.2, 0.25) is 0 Å². The maximum absolute atomic E-state index is 13.4. The van der Waals surface area contributed by atoms with Crippen LogP contribution in [-0.2, 0) is 39.1 Å². The second-order valence-corrected chi connectivity index (χ2v) is 11.5. The van der Waals surface area contributed by atoms with E-state index in [-0.39, 0.29) is 5.91 Å². The van der Waals surface area contributed by atoms with Crippen LogP contribution in [0.3, 0.4) is 0 Å². The van der Waals surface area contributed by atoms with E-state index in [0.29, 0.717) is 18.7 Å². The van der Waals surface area contributed by atoms with Gasteiger partial charge in [-0.15, -0.1) is 0 Å². The molecule has 2 aromatic carbocycles. The van der Waals surface area contributed by atoms with Crippen LogP contribution in [-0.4, -0.2) is 48.2 Å². The first-order valence-corrected chi connectivity index (χ1v) is 15.1. The van der Waals surface area contributed by atoms with Crippen LogP contribution in [0.25, 0.3) is 0 Å². The van der Waals surface area contributed by atoms with Gasteiger partial charge < -0.3 is 20.2 Å². The fourth-order valence-corrected chi connectivity index (χ4v) is 6.31. The summed E-state index contributed by atoms with van der Waals surface area (Å²) >= 11 is 0. The molecule has 8 heteroatoms. The third-order valence-electron chi connectivity index (χ3n) is 8.59. The number of aromatic nitrogens is 4. The number of rotatable bonds is 10. The molecule has 2 aliphatic rings. The van der Waals surface area contributed by atoms with E-state index in [1.807, 2.05) is 24.3 Å². The highest BCUT2D eigenvalue weighted by Crippen LogP contribution is 2.28. The maximum Gasteiger partial charge on any atom is 0.254 e. The van der Waals surface area contributed by atoms with Crippen LogP contribution in [0.5, 0.6) is 0 Å². The summed E-state index contributed by atoms with van der Waals surface area (Å²) in [6.07, 6.45) is 16.4. The highest BCUT2D eigenvalue weighted by atomic mass is 16.2. The van der Waals surface area contributed by atoms with Crippen LogP contribution in [0.15, 0.2) is 67.3 Å². The molecule has 3 N–H and O–H groups in total. The Morgan fingerprint density at radius 3 is 2.17 bits per heavy atom. The molecule has 214 valence electrons. The molecule has 0 atom stereocenters. The van der Waals surface area contributed by atoms with E-state index in [2.05, 4.69) is 48.4 Å². The Morgan fingerprint density at radius 2 is 1.51 bits per heavy atom. The van der Waals surface area contributed by atoms with Gasteiger partial charge in [0.1, 0.15) is 11.6 Å². The van der Waals surface area contributed by atoms with Gasteiger partial charge in [0, 0.05) is 62.6 Å². The smallest absolute Gasteiger partial charge is 0.254 e. The average Bonchev–Trinajstić information content (AvgIpc) is 3.65. The summed E-state index contributed by atoms with van der Waals surface area (Å²) in [4.78, 5) is 32.7. The molecule has 1 fully saturated rings. The number of H-pyrrole nitrogens is 2. The Hall–Kier alpha value is -3.75. The van der Waals surface area contributed by atoms with Crippen molar-refractivity contribution < 1.29 is 4.79 Å². The Bertz CT molecular complexity index is 1340. The van der Waals surface area contributed by atoms with Crippen molar-refractivity contribution in [2.75, 3.05) is 6.54 Å². The number of aromatic amines is 2. The third-order valence-corrected chi connectivity index (χ3v) is 8.59. The molecule has 4 aromatic rings. The maximum atomic E-state index is 13.4. The lowest BCUT2D eigenvalue weighted by Crippen LogP contribution is -2.39. The molecule has 0 spiro atoms. The van der Waals surface area contributed by atoms with Crippen LogP contribution in [0, 0.1) is 0 Å². The highest BCUT2D eigenvalue weighted by molar-refractivity contribution is 5.94. The number of hydrogen-bond donors (Lipinski definition) is 3. The van der Waals surface area contributed by atoms with Crippen molar-refractivity contribution in [2.45, 2.75) is 83.7 Å². The normalized spacial score (nSPS) is 16.3. The van der Waals surface area contributed by atoms with Crippen molar-refractivity contribution in [1.29, 1.82) is 0 Å². The number of nitrogens with one attached hydrogen (secondary N) is 3. The minimum Gasteiger partial charge on any atom is -0.347 e. The van der Waals surface area contributed by atoms with Crippen molar-refractivity contribution in [2.24, 2.45) is 0 Å². The summed E-state index contributed by atoms with van der Waals surface area (Å²) in [5.74, 6) is 1.43. The fourth-order valence-electron chi connectivity index (χ4n) is 6.31. The summed E-state index contributed by atoms with van der Waals surface area (Å²) in [6, 6.07) is 15.7. The summed E-state index contributed by atoms with van der Waals surface area (Å²) < 4.78 is 0. The number of imidazole rings is 2. The van der Waals surface area contributed by atoms with Crippen LogP contribution in [0.1, 0.15) is 82.8 Å². The summed E-state index contributed by atoms with van der Waals surface area (Å²) in [6.45, 7) is 4.65. The molecule has 0 saturated heterocycles. The molecular formula is C33H41N7O. The number of hydrogen-bond acceptors (Lipinski definition) is 5. The molecule has 1 aliphatic carbocycles. The molecule has 1 aliphatic heterocycles. The van der Waals surface area contributed by atoms with Crippen LogP contribution < -0.4 is 5.32 Å². The minimum atomic E-state index is -0.0516. The molecule has 3 heterocycles. The molecule has 1 saturated carbocycles. The molecule has 6 rings (SSSR count). The number of carbonyl (C=O) groups excluding carboxylic acids is 1. The topological polar surface area (TPSA) is 92.9 Å². The zero-order valence-corrected chi connectivity index (χ0v) is 23.8. The van der Waals surface area contributed by atoms with E-state index >= 15 is 0 Å². The Labute approximate surface area is 242 Å². The molecule has 8 nitrogen and oxygen atoms in total. The molecule has 0 radical (unpaired) electrons. The van der Waals surface area contributed by atoms with Crippen molar-refractivity contribution in [3.05, 3.63) is 107 Å². The predicted octanol–water partition coefficient (Wildman–Crippen LogP) is 5.35. The van der Waals surface area contributed by atoms with Crippen LogP contribution in [0.4, 0.5) is 0 Å². The Morgan fingerprint density at radius 1 is 0.854 bits per heavy atom. The van der Waals surface area contributed by atoms with Crippen LogP contribution >= 0.6 is 0 Å². The number of nitrogens with zero attached hydrogens (tertiary/aromatic N) is 4. The van der Waals surface area contributed by atoms with Gasteiger partial charge in [0.05, 0.1) is 13.1 Å². The van der Waals surface area contributed by atoms with Gasteiger partial charge in [0.2, 0.25) is 0 Å². The van der Waals surface area contributed by atoms with Crippen molar-refractivity contribution in [1.82, 2.24) is 35.1 Å². The van der Waals surface area contributed by atoms with E-state index in [9.17, 15) is 4.79 Å². The minimum absolute atomic E-state index is 0.0516. The SMILES string of the molecule is O=C(c1ccc(CNCc2ccc3c(c2)CN(C2CCCCCC2)CC3)cc1)N(Cc1ncc[nH]1)Cc1ncc[nH]1. The number of amides is 1. The third kappa shape index (κ3) is 7.13. The Balaban J connectivity index is 1.03. The average molecular weight is 552 g/mol. The summed E-state index contributed by atoms with van der Waals surface area (Å²) in [5.41, 5.74) is 6.18. The molecule has 0 bridgehead atoms. The second kappa shape index (κ2) is 13.3. The zero-order valence-electron chi connectivity index (χ0n) is 23.8. The quantitative estimate of drug-likeness (QED) is 0.231. The molecule has 1 amide bonds. The van der Waals surface area contributed by atoms with Crippen molar-refractivity contribution >= 4 is 5.91 Å². The summed E-state index contributed by atoms with van der Waals surface area (Å²) in [5, 5.41) is 3.60. The van der Waals surface area contributed by atoms with Gasteiger partial charge in [-0.2, -0.15) is 0 Å². The zero-order chi connectivity index (χ0) is 27.9. The van der Waals surface area contributed by atoms with E-state index in [1.54, 1.807) is 29.7 Å². The van der Waals surface area contributed by atoms with Gasteiger partial charge >= 0.3 is 0 Å². The lowest BCUT2D eigenvalue weighted by atomic mass is 9.95. The molecular weight excluding hydrogens is 510 g/mol. The van der Waals surface area contributed by atoms with E-state index in [1.165, 1.54) is 68.2 Å². The standard InChI is InChI=1S/C33H41N7O/c41-33(40(23-31-35-14-15-36-31)24-32-37-16-17-38-32)28-11-7-25(8-12-28)20-34-21-26-9-10-27-13-18-39(22-29(27)19-26)30-5-3-1-2-4-6-30/h7-12,14-17,19,30,34H,1-6,13,18,20-24H2,(H,35,36)(H,37,38). The van der Waals surface area contributed by atoms with Gasteiger partial charge in [-0.1, -0.05) is 56.0 Å². The van der Waals surface area contributed by atoms with Gasteiger partial charge in [-0.05, 0) is 53.6 Å². The van der Waals surface area contributed by atoms with Gasteiger partial charge in [0.25, 0.3) is 5.91 Å². The second-order valence-electron chi connectivity index (χ2n) is 11.5. The number of carbonyl (C=O) groups is 1. The number of benzene rings is 2. The molecule has 2 aromatic heterocycles. The number of fused-ring (bicyclic) bond motifs is 1. The predicted molar refractivity (Wildman–Crippen MR) is 160 cm³/mol. The first-order chi connectivity index (χ1) is 20.2. The van der Waals surface area contributed by atoms with E-state index < -0.39 is 0 Å². The van der Waals surface area contributed by atoms with Gasteiger partial charge in [-0.3, -0.25) is 9.69 Å².